The lowest BCUT2D eigenvalue weighted by molar-refractivity contribution is 0.0631. The number of hydrogen-bond acceptors (Lipinski definition) is 8. The molecule has 0 saturated carbocycles. The molecule has 37 heavy (non-hydrogen) atoms. The smallest absolute Gasteiger partial charge is 0.206 e. The van der Waals surface area contributed by atoms with Crippen LogP contribution in [0.1, 0.15) is 5.56 Å². The SMILES string of the molecule is Cc1cc(-c2ccc(Br)cc2)nc2ccc(Oc3c(Cl)cc(N4N=C(C#N)C(O)NC4O)cc3Cl)cc12. The van der Waals surface area contributed by atoms with E-state index >= 15 is 0 Å². The van der Waals surface area contributed by atoms with Gasteiger partial charge in [-0.3, -0.25) is 0 Å². The summed E-state index contributed by atoms with van der Waals surface area (Å²) < 4.78 is 7.04. The fourth-order valence-corrected chi connectivity index (χ4v) is 4.72. The van der Waals surface area contributed by atoms with E-state index in [2.05, 4.69) is 26.3 Å². The lowest BCUT2D eigenvalue weighted by Crippen LogP contribution is -2.55. The summed E-state index contributed by atoms with van der Waals surface area (Å²) in [6.07, 6.45) is -2.79. The molecule has 2 unspecified atom stereocenters. The molecule has 1 aliphatic rings. The first-order valence-electron chi connectivity index (χ1n) is 11.0. The maximum Gasteiger partial charge on any atom is 0.206 e. The predicted molar refractivity (Wildman–Crippen MR) is 147 cm³/mol. The highest BCUT2D eigenvalue weighted by atomic mass is 79.9. The number of aromatic nitrogens is 1. The fourth-order valence-electron chi connectivity index (χ4n) is 3.90. The minimum atomic E-state index is -1.40. The van der Waals surface area contributed by atoms with Crippen molar-refractivity contribution >= 4 is 61.4 Å². The van der Waals surface area contributed by atoms with E-state index < -0.39 is 12.6 Å². The number of aryl methyl sites for hydroxylation is 1. The molecule has 0 spiro atoms. The van der Waals surface area contributed by atoms with Crippen LogP contribution in [-0.2, 0) is 0 Å². The van der Waals surface area contributed by atoms with Crippen LogP contribution in [0.25, 0.3) is 22.2 Å². The third-order valence-corrected chi connectivity index (χ3v) is 6.81. The molecule has 0 fully saturated rings. The van der Waals surface area contributed by atoms with Crippen LogP contribution in [0.2, 0.25) is 10.0 Å². The lowest BCUT2D eigenvalue weighted by Gasteiger charge is -2.32. The molecular weight excluding hydrogens is 581 g/mol. The first-order valence-corrected chi connectivity index (χ1v) is 12.5. The van der Waals surface area contributed by atoms with Gasteiger partial charge in [0.1, 0.15) is 11.8 Å². The predicted octanol–water partition coefficient (Wildman–Crippen LogP) is 5.96. The molecule has 3 aromatic carbocycles. The van der Waals surface area contributed by atoms with Crippen LogP contribution < -0.4 is 15.1 Å². The normalized spacial score (nSPS) is 17.4. The topological polar surface area (TPSA) is 114 Å². The van der Waals surface area contributed by atoms with Crippen molar-refractivity contribution in [1.82, 2.24) is 10.3 Å². The summed E-state index contributed by atoms with van der Waals surface area (Å²) in [6.45, 7) is 2.01. The molecule has 5 rings (SSSR count). The summed E-state index contributed by atoms with van der Waals surface area (Å²) in [5.74, 6) is 0.727. The van der Waals surface area contributed by atoms with Gasteiger partial charge in [-0.1, -0.05) is 51.3 Å². The summed E-state index contributed by atoms with van der Waals surface area (Å²) in [4.78, 5) is 4.80. The van der Waals surface area contributed by atoms with E-state index in [1.807, 2.05) is 49.4 Å². The van der Waals surface area contributed by atoms with Crippen molar-refractivity contribution in [2.45, 2.75) is 19.5 Å². The van der Waals surface area contributed by atoms with Gasteiger partial charge < -0.3 is 14.9 Å². The summed E-state index contributed by atoms with van der Waals surface area (Å²) >= 11 is 16.4. The van der Waals surface area contributed by atoms with E-state index in [9.17, 15) is 10.2 Å². The van der Waals surface area contributed by atoms with Crippen LogP contribution >= 0.6 is 39.1 Å². The molecule has 0 bridgehead atoms. The molecule has 11 heteroatoms. The molecule has 0 saturated heterocycles. The van der Waals surface area contributed by atoms with Gasteiger partial charge in [-0.25, -0.2) is 15.3 Å². The van der Waals surface area contributed by atoms with Gasteiger partial charge in [-0.2, -0.15) is 10.4 Å². The van der Waals surface area contributed by atoms with Crippen LogP contribution in [0, 0.1) is 18.3 Å². The van der Waals surface area contributed by atoms with Crippen LogP contribution in [-0.4, -0.2) is 33.5 Å². The van der Waals surface area contributed by atoms with E-state index in [4.69, 9.17) is 38.2 Å². The van der Waals surface area contributed by atoms with Crippen molar-refractivity contribution < 1.29 is 14.9 Å². The first kappa shape index (κ1) is 25.4. The Hall–Kier alpha value is -3.23. The van der Waals surface area contributed by atoms with E-state index in [1.165, 1.54) is 12.1 Å². The molecule has 1 aliphatic heterocycles. The Balaban J connectivity index is 1.45. The zero-order valence-corrected chi connectivity index (χ0v) is 22.3. The van der Waals surface area contributed by atoms with Crippen molar-refractivity contribution in [3.63, 3.8) is 0 Å². The Labute approximate surface area is 230 Å². The van der Waals surface area contributed by atoms with Gasteiger partial charge in [0.25, 0.3) is 0 Å². The number of nitrogens with one attached hydrogen (secondary N) is 1. The van der Waals surface area contributed by atoms with Gasteiger partial charge in [0, 0.05) is 15.4 Å². The highest BCUT2D eigenvalue weighted by molar-refractivity contribution is 9.10. The van der Waals surface area contributed by atoms with Crippen LogP contribution in [0.3, 0.4) is 0 Å². The van der Waals surface area contributed by atoms with Crippen molar-refractivity contribution in [1.29, 1.82) is 5.26 Å². The molecular formula is C26H18BrCl2N5O3. The van der Waals surface area contributed by atoms with Gasteiger partial charge in [0.2, 0.25) is 6.35 Å². The number of halogens is 3. The Bertz CT molecular complexity index is 1570. The molecule has 186 valence electrons. The number of hydrazone groups is 1. The minimum Gasteiger partial charge on any atom is -0.454 e. The quantitative estimate of drug-likeness (QED) is 0.266. The fraction of sp³-hybridized carbons (Fsp3) is 0.115. The van der Waals surface area contributed by atoms with Crippen molar-refractivity contribution in [3.05, 3.63) is 80.7 Å². The van der Waals surface area contributed by atoms with E-state index in [1.54, 1.807) is 12.1 Å². The first-order chi connectivity index (χ1) is 17.7. The molecule has 2 atom stereocenters. The van der Waals surface area contributed by atoms with Crippen LogP contribution in [0.4, 0.5) is 5.69 Å². The second-order valence-electron chi connectivity index (χ2n) is 8.24. The van der Waals surface area contributed by atoms with Crippen LogP contribution in [0.5, 0.6) is 11.5 Å². The number of anilines is 1. The van der Waals surface area contributed by atoms with E-state index in [0.29, 0.717) is 11.4 Å². The zero-order chi connectivity index (χ0) is 26.3. The molecule has 0 radical (unpaired) electrons. The molecule has 8 nitrogen and oxygen atoms in total. The third-order valence-electron chi connectivity index (χ3n) is 5.72. The number of rotatable bonds is 4. The maximum absolute atomic E-state index is 10.2. The number of benzene rings is 3. The molecule has 1 aromatic heterocycles. The van der Waals surface area contributed by atoms with Gasteiger partial charge in [0.15, 0.2) is 17.7 Å². The maximum atomic E-state index is 10.2. The van der Waals surface area contributed by atoms with Crippen LogP contribution in [0.15, 0.2) is 70.2 Å². The minimum absolute atomic E-state index is 0.162. The van der Waals surface area contributed by atoms with E-state index in [0.717, 1.165) is 37.2 Å². The number of aliphatic hydroxyl groups excluding tert-OH is 2. The Kier molecular flexibility index (Phi) is 7.05. The van der Waals surface area contributed by atoms with Gasteiger partial charge in [-0.05, 0) is 61.0 Å². The zero-order valence-electron chi connectivity index (χ0n) is 19.2. The van der Waals surface area contributed by atoms with E-state index in [-0.39, 0.29) is 21.5 Å². The van der Waals surface area contributed by atoms with Crippen molar-refractivity contribution in [3.8, 4) is 28.8 Å². The summed E-state index contributed by atoms with van der Waals surface area (Å²) in [5.41, 5.74) is 3.81. The molecule has 0 amide bonds. The Morgan fingerprint density at radius 2 is 1.76 bits per heavy atom. The number of aliphatic hydroxyl groups is 2. The van der Waals surface area contributed by atoms with Crippen molar-refractivity contribution in [2.24, 2.45) is 5.10 Å². The monoisotopic (exact) mass is 597 g/mol. The average molecular weight is 599 g/mol. The Morgan fingerprint density at radius 3 is 2.43 bits per heavy atom. The Morgan fingerprint density at radius 1 is 1.05 bits per heavy atom. The number of fused-ring (bicyclic) bond motifs is 1. The number of nitrogens with zero attached hydrogens (tertiary/aromatic N) is 4. The summed E-state index contributed by atoms with van der Waals surface area (Å²) in [7, 11) is 0. The standard InChI is InChI=1S/C26H18BrCl2N5O3/c1-13-8-22(14-2-4-15(27)5-3-14)31-21-7-6-17(11-18(13)21)37-24-19(28)9-16(10-20(24)29)34-26(36)32-25(35)23(12-30)33-34/h2-11,25-26,32,35-36H,1H3. The summed E-state index contributed by atoms with van der Waals surface area (Å²) in [5, 5.41) is 37.9. The number of ether oxygens (including phenoxy) is 1. The molecule has 4 aromatic rings. The molecule has 3 N–H and O–H groups in total. The molecule has 2 heterocycles. The second-order valence-corrected chi connectivity index (χ2v) is 9.97. The second kappa shape index (κ2) is 10.3. The van der Waals surface area contributed by atoms with Gasteiger partial charge in [-0.15, -0.1) is 0 Å². The number of pyridine rings is 1. The summed E-state index contributed by atoms with van der Waals surface area (Å²) in [6, 6.07) is 20.3. The largest absolute Gasteiger partial charge is 0.454 e. The van der Waals surface area contributed by atoms with Gasteiger partial charge >= 0.3 is 0 Å². The average Bonchev–Trinajstić information content (AvgIpc) is 2.87. The lowest BCUT2D eigenvalue weighted by atomic mass is 10.0. The van der Waals surface area contributed by atoms with Crippen molar-refractivity contribution in [2.75, 3.05) is 5.01 Å². The highest BCUT2D eigenvalue weighted by Crippen LogP contribution is 2.41. The number of nitriles is 1. The molecule has 0 aliphatic carbocycles. The third kappa shape index (κ3) is 5.13. The highest BCUT2D eigenvalue weighted by Gasteiger charge is 2.29. The number of hydrogen-bond donors (Lipinski definition) is 3. The van der Waals surface area contributed by atoms with Gasteiger partial charge in [0.05, 0.1) is 26.9 Å².